The van der Waals surface area contributed by atoms with E-state index in [0.29, 0.717) is 35.1 Å². The van der Waals surface area contributed by atoms with Crippen LogP contribution in [0.15, 0.2) is 46.7 Å². The van der Waals surface area contributed by atoms with Gasteiger partial charge in [0.05, 0.1) is 38.7 Å². The molecule has 0 saturated carbocycles. The number of amides is 2. The van der Waals surface area contributed by atoms with Gasteiger partial charge in [0.15, 0.2) is 17.7 Å². The van der Waals surface area contributed by atoms with Crippen molar-refractivity contribution in [2.75, 3.05) is 26.9 Å². The van der Waals surface area contributed by atoms with Gasteiger partial charge in [-0.25, -0.2) is 9.59 Å². The minimum atomic E-state index is -1.12. The van der Waals surface area contributed by atoms with Crippen molar-refractivity contribution in [1.82, 2.24) is 16.1 Å². The maximum absolute atomic E-state index is 12.4. The molecule has 0 spiro atoms. The van der Waals surface area contributed by atoms with E-state index in [1.165, 1.54) is 7.11 Å². The lowest BCUT2D eigenvalue weighted by atomic mass is 9.95. The van der Waals surface area contributed by atoms with Crippen molar-refractivity contribution >= 4 is 63.4 Å². The van der Waals surface area contributed by atoms with Crippen LogP contribution >= 0.6 is 45.2 Å². The Morgan fingerprint density at radius 3 is 2.60 bits per heavy atom. The fraction of sp³-hybridized carbons (Fsp3) is 0.296. The lowest BCUT2D eigenvalue weighted by Crippen LogP contribution is -2.45. The molecule has 0 unspecified atom stereocenters. The van der Waals surface area contributed by atoms with Crippen LogP contribution in [-0.4, -0.2) is 56.5 Å². The minimum Gasteiger partial charge on any atom is -0.490 e. The third-order valence-corrected chi connectivity index (χ3v) is 7.03. The van der Waals surface area contributed by atoms with Crippen molar-refractivity contribution in [3.8, 4) is 29.6 Å². The molecule has 11 nitrogen and oxygen atoms in total. The van der Waals surface area contributed by atoms with Gasteiger partial charge in [0.2, 0.25) is 0 Å². The number of halogens is 2. The number of rotatable bonds is 12. The van der Waals surface area contributed by atoms with Crippen LogP contribution in [-0.2, 0) is 9.53 Å². The minimum absolute atomic E-state index is 0.138. The van der Waals surface area contributed by atoms with Gasteiger partial charge in [-0.3, -0.25) is 5.43 Å². The lowest BCUT2D eigenvalue weighted by Gasteiger charge is -2.28. The van der Waals surface area contributed by atoms with Gasteiger partial charge in [-0.05, 0) is 94.4 Å². The van der Waals surface area contributed by atoms with Crippen LogP contribution in [0.2, 0.25) is 0 Å². The normalized spacial score (nSPS) is 15.5. The number of hydrazone groups is 1. The maximum atomic E-state index is 12.4. The zero-order valence-electron chi connectivity index (χ0n) is 21.9. The van der Waals surface area contributed by atoms with Gasteiger partial charge < -0.3 is 34.7 Å². The average Bonchev–Trinajstić information content (AvgIpc) is 2.91. The molecule has 0 radical (unpaired) electrons. The van der Waals surface area contributed by atoms with Crippen molar-refractivity contribution in [2.45, 2.75) is 26.1 Å². The number of urea groups is 1. The molecule has 2 atom stereocenters. The molecule has 1 aliphatic rings. The number of hydrogen-bond donors (Lipinski definition) is 4. The van der Waals surface area contributed by atoms with Crippen LogP contribution < -0.4 is 30.3 Å². The molecule has 1 aliphatic heterocycles. The predicted octanol–water partition coefficient (Wildman–Crippen LogP) is 3.43. The van der Waals surface area contributed by atoms with Crippen molar-refractivity contribution in [1.29, 1.82) is 0 Å². The Hall–Kier alpha value is -3.23. The quantitative estimate of drug-likeness (QED) is 0.0643. The van der Waals surface area contributed by atoms with Gasteiger partial charge in [0.1, 0.15) is 19.0 Å². The van der Waals surface area contributed by atoms with Crippen LogP contribution in [0.3, 0.4) is 0 Å². The molecule has 0 saturated heterocycles. The second-order valence-corrected chi connectivity index (χ2v) is 10.5. The topological polar surface area (TPSA) is 140 Å². The van der Waals surface area contributed by atoms with Crippen LogP contribution in [0.5, 0.6) is 17.2 Å². The summed E-state index contributed by atoms with van der Waals surface area (Å²) < 4.78 is 23.7. The van der Waals surface area contributed by atoms with Crippen LogP contribution in [0.25, 0.3) is 0 Å². The number of terminal acetylenes is 1. The highest BCUT2D eigenvalue weighted by Gasteiger charge is 2.32. The molecule has 3 rings (SSSR count). The number of allylic oxidation sites excluding steroid dienone is 1. The summed E-state index contributed by atoms with van der Waals surface area (Å²) in [5.41, 5.74) is 4.68. The summed E-state index contributed by atoms with van der Waals surface area (Å²) in [7, 11) is 1.27. The van der Waals surface area contributed by atoms with E-state index in [1.807, 2.05) is 19.1 Å². The van der Waals surface area contributed by atoms with Crippen LogP contribution in [0.4, 0.5) is 4.79 Å². The first kappa shape index (κ1) is 31.3. The molecule has 0 aliphatic carbocycles. The number of aliphatic hydroxyl groups excluding tert-OH is 1. The van der Waals surface area contributed by atoms with E-state index in [2.05, 4.69) is 72.3 Å². The second kappa shape index (κ2) is 15.0. The number of hydrogen-bond acceptors (Lipinski definition) is 9. The van der Waals surface area contributed by atoms with Crippen molar-refractivity contribution in [3.05, 3.63) is 59.9 Å². The van der Waals surface area contributed by atoms with Crippen LogP contribution in [0, 0.1) is 19.5 Å². The first-order valence-electron chi connectivity index (χ1n) is 12.0. The van der Waals surface area contributed by atoms with Gasteiger partial charge in [0, 0.05) is 5.70 Å². The fourth-order valence-corrected chi connectivity index (χ4v) is 5.85. The molecular weight excluding hydrogens is 746 g/mol. The summed E-state index contributed by atoms with van der Waals surface area (Å²) in [5, 5.41) is 19.8. The highest BCUT2D eigenvalue weighted by molar-refractivity contribution is 14.1. The number of methoxy groups -OCH3 is 1. The molecule has 1 heterocycles. The van der Waals surface area contributed by atoms with E-state index in [4.69, 9.17) is 25.4 Å². The molecule has 0 aromatic heterocycles. The number of benzene rings is 2. The number of ether oxygens (including phenoxy) is 4. The molecule has 2 amide bonds. The molecule has 4 N–H and O–H groups in total. The van der Waals surface area contributed by atoms with Gasteiger partial charge in [0.25, 0.3) is 0 Å². The summed E-state index contributed by atoms with van der Waals surface area (Å²) in [6, 6.07) is 7.58. The Bertz CT molecular complexity index is 1330. The van der Waals surface area contributed by atoms with Crippen LogP contribution in [0.1, 0.15) is 31.0 Å². The number of carbonyl (C=O) groups is 2. The Morgan fingerprint density at radius 1 is 1.23 bits per heavy atom. The molecule has 40 heavy (non-hydrogen) atoms. The van der Waals surface area contributed by atoms with Gasteiger partial charge in [-0.2, -0.15) is 5.10 Å². The Labute approximate surface area is 259 Å². The molecule has 13 heteroatoms. The Kier molecular flexibility index (Phi) is 11.7. The van der Waals surface area contributed by atoms with E-state index in [9.17, 15) is 14.7 Å². The molecule has 2 aromatic rings. The highest BCUT2D eigenvalue weighted by Crippen LogP contribution is 2.35. The zero-order valence-corrected chi connectivity index (χ0v) is 26.2. The highest BCUT2D eigenvalue weighted by atomic mass is 127. The maximum Gasteiger partial charge on any atom is 0.337 e. The first-order valence-corrected chi connectivity index (χ1v) is 14.1. The third kappa shape index (κ3) is 8.15. The average molecular weight is 774 g/mol. The number of carbonyl (C=O) groups excluding carboxylic acids is 2. The largest absolute Gasteiger partial charge is 0.490 e. The summed E-state index contributed by atoms with van der Waals surface area (Å²) in [6.45, 7) is 3.82. The SMILES string of the molecule is C#CCOc1c(I)cc(/C=N\N[C@H](O)COc2ccc([C@@H]3NC(=O)NC(C)=C3C(=O)OC)cc2OCC)cc1I. The third-order valence-electron chi connectivity index (χ3n) is 5.43. The van der Waals surface area contributed by atoms with E-state index >= 15 is 0 Å². The summed E-state index contributed by atoms with van der Waals surface area (Å²) >= 11 is 4.32. The number of nitrogens with one attached hydrogen (secondary N) is 3. The number of aliphatic hydroxyl groups is 1. The van der Waals surface area contributed by atoms with E-state index in [0.717, 1.165) is 12.7 Å². The van der Waals surface area contributed by atoms with E-state index in [1.54, 1.807) is 31.3 Å². The summed E-state index contributed by atoms with van der Waals surface area (Å²) in [5.74, 6) is 3.33. The molecule has 0 bridgehead atoms. The molecule has 0 fully saturated rings. The monoisotopic (exact) mass is 774 g/mol. The number of nitrogens with zero attached hydrogens (tertiary/aromatic N) is 1. The zero-order chi connectivity index (χ0) is 29.2. The summed E-state index contributed by atoms with van der Waals surface area (Å²) in [4.78, 5) is 24.5. The smallest absolute Gasteiger partial charge is 0.337 e. The fourth-order valence-electron chi connectivity index (χ4n) is 3.73. The Balaban J connectivity index is 1.68. The van der Waals surface area contributed by atoms with Crippen molar-refractivity contribution < 1.29 is 33.6 Å². The molecular formula is C27H28I2N4O7. The Morgan fingerprint density at radius 2 is 1.95 bits per heavy atom. The lowest BCUT2D eigenvalue weighted by molar-refractivity contribution is -0.136. The van der Waals surface area contributed by atoms with E-state index < -0.39 is 24.3 Å². The molecule has 2 aromatic carbocycles. The number of esters is 1. The second-order valence-electron chi connectivity index (χ2n) is 8.22. The van der Waals surface area contributed by atoms with E-state index in [-0.39, 0.29) is 18.8 Å². The van der Waals surface area contributed by atoms with Gasteiger partial charge >= 0.3 is 12.0 Å². The first-order chi connectivity index (χ1) is 19.2. The molecule has 212 valence electrons. The standard InChI is InChI=1S/C27H28I2N4O7/c1-5-9-39-25-18(28)10-16(11-19(25)29)13-30-33-22(34)14-40-20-8-7-17(12-21(20)38-6-2)24-23(26(35)37-4)15(3)31-27(36)32-24/h1,7-8,10-13,22,24,33-34H,6,9,14H2,2-4H3,(H2,31,32,36)/b30-13-/t22-,24+/m1/s1. The van der Waals surface area contributed by atoms with Gasteiger partial charge in [-0.1, -0.05) is 12.0 Å². The van der Waals surface area contributed by atoms with Crippen molar-refractivity contribution in [2.24, 2.45) is 5.10 Å². The predicted molar refractivity (Wildman–Crippen MR) is 165 cm³/mol. The van der Waals surface area contributed by atoms with Gasteiger partial charge in [-0.15, -0.1) is 6.42 Å². The van der Waals surface area contributed by atoms with Crippen molar-refractivity contribution in [3.63, 3.8) is 0 Å². The summed E-state index contributed by atoms with van der Waals surface area (Å²) in [6.07, 6.45) is 5.72.